The molecule has 3 aromatic carbocycles. The first-order valence-electron chi connectivity index (χ1n) is 12.0. The third-order valence-electron chi connectivity index (χ3n) is 5.98. The van der Waals surface area contributed by atoms with Crippen molar-refractivity contribution in [1.82, 2.24) is 10.3 Å². The van der Waals surface area contributed by atoms with Gasteiger partial charge in [-0.15, -0.1) is 0 Å². The van der Waals surface area contributed by atoms with Crippen molar-refractivity contribution in [3.8, 4) is 22.3 Å². The highest BCUT2D eigenvalue weighted by atomic mass is 19.4. The number of nitrogens with one attached hydrogen (secondary N) is 2. The van der Waals surface area contributed by atoms with Gasteiger partial charge in [0, 0.05) is 36.1 Å². The van der Waals surface area contributed by atoms with Gasteiger partial charge in [-0.1, -0.05) is 24.3 Å². The van der Waals surface area contributed by atoms with Crippen LogP contribution in [0.15, 0.2) is 79.0 Å². The lowest BCUT2D eigenvalue weighted by molar-refractivity contribution is -0.138. The van der Waals surface area contributed by atoms with Crippen LogP contribution in [0.5, 0.6) is 0 Å². The van der Waals surface area contributed by atoms with Gasteiger partial charge in [0.15, 0.2) is 0 Å². The Kier molecular flexibility index (Phi) is 8.42. The maximum absolute atomic E-state index is 14.8. The smallest absolute Gasteiger partial charge is 0.416 e. The molecule has 0 unspecified atom stereocenters. The van der Waals surface area contributed by atoms with E-state index in [1.165, 1.54) is 48.7 Å². The number of anilines is 1. The van der Waals surface area contributed by atoms with Gasteiger partial charge < -0.3 is 15.7 Å². The van der Waals surface area contributed by atoms with E-state index in [1.807, 2.05) is 0 Å². The first-order valence-corrected chi connectivity index (χ1v) is 12.0. The van der Waals surface area contributed by atoms with E-state index in [1.54, 1.807) is 18.2 Å². The van der Waals surface area contributed by atoms with E-state index in [2.05, 4.69) is 15.6 Å². The standard InChI is InChI=1S/C29H22F5N3O3/c30-21-7-3-18(24(13-21)19-4-10-26(37-16-19)28(40)35-12-11-27(38)39)15-36-22-8-9-23(25(31)14-22)17-1-5-20(6-2-17)29(32,33)34/h1-10,13-14,16,36H,11-12,15H2,(H,35,40)(H,38,39). The molecule has 0 spiro atoms. The van der Waals surface area contributed by atoms with Crippen molar-refractivity contribution in [3.63, 3.8) is 0 Å². The van der Waals surface area contributed by atoms with E-state index < -0.39 is 35.3 Å². The van der Waals surface area contributed by atoms with E-state index >= 15 is 0 Å². The van der Waals surface area contributed by atoms with Gasteiger partial charge in [0.1, 0.15) is 17.3 Å². The Labute approximate surface area is 225 Å². The van der Waals surface area contributed by atoms with Crippen LogP contribution >= 0.6 is 0 Å². The van der Waals surface area contributed by atoms with E-state index in [9.17, 15) is 31.5 Å². The average Bonchev–Trinajstić information content (AvgIpc) is 2.92. The zero-order valence-corrected chi connectivity index (χ0v) is 20.7. The molecule has 4 aromatic rings. The van der Waals surface area contributed by atoms with Crippen molar-refractivity contribution in [2.45, 2.75) is 19.1 Å². The number of amides is 1. The lowest BCUT2D eigenvalue weighted by Gasteiger charge is -2.14. The summed E-state index contributed by atoms with van der Waals surface area (Å²) in [5, 5.41) is 14.2. The minimum absolute atomic E-state index is 0.0524. The molecule has 0 bridgehead atoms. The van der Waals surface area contributed by atoms with Crippen LogP contribution in [0.3, 0.4) is 0 Å². The van der Waals surface area contributed by atoms with Crippen LogP contribution in [-0.4, -0.2) is 28.5 Å². The number of nitrogens with zero attached hydrogens (tertiary/aromatic N) is 1. The number of carboxylic acid groups (broad SMARTS) is 1. The number of carbonyl (C=O) groups is 2. The molecule has 4 rings (SSSR count). The molecule has 206 valence electrons. The van der Waals surface area contributed by atoms with Gasteiger partial charge in [-0.3, -0.25) is 14.6 Å². The summed E-state index contributed by atoms with van der Waals surface area (Å²) in [5.74, 6) is -2.73. The van der Waals surface area contributed by atoms with Gasteiger partial charge in [-0.25, -0.2) is 8.78 Å². The monoisotopic (exact) mass is 555 g/mol. The second kappa shape index (κ2) is 11.9. The van der Waals surface area contributed by atoms with Crippen LogP contribution < -0.4 is 10.6 Å². The first-order chi connectivity index (χ1) is 19.0. The fourth-order valence-corrected chi connectivity index (χ4v) is 3.93. The molecule has 0 saturated heterocycles. The van der Waals surface area contributed by atoms with Gasteiger partial charge in [-0.05, 0) is 65.2 Å². The second-order valence-electron chi connectivity index (χ2n) is 8.76. The zero-order valence-electron chi connectivity index (χ0n) is 20.7. The van der Waals surface area contributed by atoms with Crippen molar-refractivity contribution < 1.29 is 36.6 Å². The largest absolute Gasteiger partial charge is 0.481 e. The van der Waals surface area contributed by atoms with Crippen LogP contribution in [-0.2, 0) is 17.5 Å². The molecular formula is C29H22F5N3O3. The molecule has 1 heterocycles. The molecule has 0 radical (unpaired) electrons. The summed E-state index contributed by atoms with van der Waals surface area (Å²) >= 11 is 0. The Morgan fingerprint density at radius 1 is 0.850 bits per heavy atom. The number of hydrogen-bond donors (Lipinski definition) is 3. The SMILES string of the molecule is O=C(O)CCNC(=O)c1ccc(-c2cc(F)ccc2CNc2ccc(-c3ccc(C(F)(F)F)cc3)c(F)c2)cn1. The van der Waals surface area contributed by atoms with Crippen molar-refractivity contribution in [3.05, 3.63) is 107 Å². The molecule has 1 amide bonds. The number of benzene rings is 3. The third kappa shape index (κ3) is 6.99. The number of carbonyl (C=O) groups excluding carboxylic acids is 1. The molecule has 6 nitrogen and oxygen atoms in total. The van der Waals surface area contributed by atoms with Crippen molar-refractivity contribution in [2.24, 2.45) is 0 Å². The van der Waals surface area contributed by atoms with Crippen LogP contribution in [0.4, 0.5) is 27.6 Å². The number of pyridine rings is 1. The van der Waals surface area contributed by atoms with Gasteiger partial charge in [0.2, 0.25) is 0 Å². The molecule has 0 saturated carbocycles. The lowest BCUT2D eigenvalue weighted by atomic mass is 10.00. The number of carboxylic acids is 1. The second-order valence-corrected chi connectivity index (χ2v) is 8.76. The van der Waals surface area contributed by atoms with Crippen molar-refractivity contribution >= 4 is 17.6 Å². The third-order valence-corrected chi connectivity index (χ3v) is 5.98. The predicted octanol–water partition coefficient (Wildman–Crippen LogP) is 6.53. The molecule has 0 aliphatic rings. The predicted molar refractivity (Wildman–Crippen MR) is 138 cm³/mol. The molecular weight excluding hydrogens is 533 g/mol. The highest BCUT2D eigenvalue weighted by Gasteiger charge is 2.30. The maximum atomic E-state index is 14.8. The lowest BCUT2D eigenvalue weighted by Crippen LogP contribution is -2.26. The van der Waals surface area contributed by atoms with E-state index in [-0.39, 0.29) is 30.8 Å². The van der Waals surface area contributed by atoms with Gasteiger partial charge >= 0.3 is 12.1 Å². The van der Waals surface area contributed by atoms with Crippen LogP contribution in [0.1, 0.15) is 28.0 Å². The van der Waals surface area contributed by atoms with Gasteiger partial charge in [-0.2, -0.15) is 13.2 Å². The molecule has 11 heteroatoms. The normalized spacial score (nSPS) is 11.2. The number of aromatic nitrogens is 1. The Balaban J connectivity index is 1.47. The maximum Gasteiger partial charge on any atom is 0.416 e. The minimum Gasteiger partial charge on any atom is -0.481 e. The summed E-state index contributed by atoms with van der Waals surface area (Å²) in [6, 6.07) is 15.6. The minimum atomic E-state index is -4.49. The Morgan fingerprint density at radius 2 is 1.57 bits per heavy atom. The Hall–Kier alpha value is -4.80. The summed E-state index contributed by atoms with van der Waals surface area (Å²) in [7, 11) is 0. The molecule has 0 fully saturated rings. The van der Waals surface area contributed by atoms with Crippen molar-refractivity contribution in [1.29, 1.82) is 0 Å². The average molecular weight is 556 g/mol. The first kappa shape index (κ1) is 28.2. The quantitative estimate of drug-likeness (QED) is 0.204. The molecule has 0 atom stereocenters. The topological polar surface area (TPSA) is 91.3 Å². The number of aliphatic carboxylic acids is 1. The Bertz CT molecular complexity index is 1520. The summed E-state index contributed by atoms with van der Waals surface area (Å²) < 4.78 is 67.4. The summed E-state index contributed by atoms with van der Waals surface area (Å²) in [5.41, 5.74) is 1.72. The number of hydrogen-bond acceptors (Lipinski definition) is 4. The fraction of sp³-hybridized carbons (Fsp3) is 0.138. The van der Waals surface area contributed by atoms with Crippen LogP contribution in [0.2, 0.25) is 0 Å². The molecule has 40 heavy (non-hydrogen) atoms. The number of halogens is 5. The van der Waals surface area contributed by atoms with E-state index in [0.717, 1.165) is 12.1 Å². The van der Waals surface area contributed by atoms with E-state index in [4.69, 9.17) is 5.11 Å². The summed E-state index contributed by atoms with van der Waals surface area (Å²) in [6.45, 7) is 0.120. The molecule has 0 aliphatic carbocycles. The van der Waals surface area contributed by atoms with E-state index in [0.29, 0.717) is 27.9 Å². The van der Waals surface area contributed by atoms with Crippen molar-refractivity contribution in [2.75, 3.05) is 11.9 Å². The van der Waals surface area contributed by atoms with Gasteiger partial charge in [0.25, 0.3) is 5.91 Å². The molecule has 0 aliphatic heterocycles. The molecule has 1 aromatic heterocycles. The number of rotatable bonds is 9. The highest BCUT2D eigenvalue weighted by molar-refractivity contribution is 5.92. The summed E-state index contributed by atoms with van der Waals surface area (Å²) in [6.07, 6.45) is -3.33. The molecule has 3 N–H and O–H groups in total. The Morgan fingerprint density at radius 3 is 2.20 bits per heavy atom. The fourth-order valence-electron chi connectivity index (χ4n) is 3.93. The highest BCUT2D eigenvalue weighted by Crippen LogP contribution is 2.32. The zero-order chi connectivity index (χ0) is 28.9. The van der Waals surface area contributed by atoms with Crippen LogP contribution in [0.25, 0.3) is 22.3 Å². The number of alkyl halides is 3. The van der Waals surface area contributed by atoms with Gasteiger partial charge in [0.05, 0.1) is 12.0 Å². The summed E-state index contributed by atoms with van der Waals surface area (Å²) in [4.78, 5) is 26.8. The van der Waals surface area contributed by atoms with Crippen LogP contribution in [0, 0.1) is 11.6 Å².